The number of thiazole rings is 1. The summed E-state index contributed by atoms with van der Waals surface area (Å²) in [5.41, 5.74) is 2.08. The summed E-state index contributed by atoms with van der Waals surface area (Å²) in [6.07, 6.45) is 0. The van der Waals surface area contributed by atoms with Crippen LogP contribution in [-0.4, -0.2) is 23.2 Å². The third kappa shape index (κ3) is 2.69. The molecule has 0 radical (unpaired) electrons. The molecule has 88 valence electrons. The molecule has 2 aromatic rings. The largest absolute Gasteiger partial charge is 0.478 e. The zero-order valence-electron chi connectivity index (χ0n) is 9.21. The Morgan fingerprint density at radius 3 is 2.71 bits per heavy atom. The maximum atomic E-state index is 10.7. The van der Waals surface area contributed by atoms with Gasteiger partial charge in [-0.05, 0) is 12.1 Å². The van der Waals surface area contributed by atoms with Crippen molar-refractivity contribution in [1.29, 1.82) is 0 Å². The Morgan fingerprint density at radius 1 is 1.41 bits per heavy atom. The van der Waals surface area contributed by atoms with Gasteiger partial charge in [0.15, 0.2) is 0 Å². The lowest BCUT2D eigenvalue weighted by molar-refractivity contribution is 0.0697. The van der Waals surface area contributed by atoms with Crippen LogP contribution in [0.25, 0.3) is 10.6 Å². The lowest BCUT2D eigenvalue weighted by Crippen LogP contribution is -1.95. The predicted octanol–water partition coefficient (Wildman–Crippen LogP) is 2.65. The van der Waals surface area contributed by atoms with Gasteiger partial charge < -0.3 is 9.84 Å². The molecule has 0 unspecified atom stereocenters. The number of benzene rings is 1. The average molecular weight is 249 g/mol. The van der Waals surface area contributed by atoms with Gasteiger partial charge >= 0.3 is 5.97 Å². The summed E-state index contributed by atoms with van der Waals surface area (Å²) >= 11 is 1.52. The van der Waals surface area contributed by atoms with E-state index in [1.807, 2.05) is 5.38 Å². The molecule has 1 N–H and O–H groups in total. The number of aromatic carboxylic acids is 1. The highest BCUT2D eigenvalue weighted by molar-refractivity contribution is 7.13. The molecule has 0 aliphatic carbocycles. The second-order valence-electron chi connectivity index (χ2n) is 3.46. The molecule has 0 bridgehead atoms. The van der Waals surface area contributed by atoms with Crippen LogP contribution in [0.15, 0.2) is 29.6 Å². The second-order valence-corrected chi connectivity index (χ2v) is 4.32. The highest BCUT2D eigenvalue weighted by Crippen LogP contribution is 2.24. The first-order valence-electron chi connectivity index (χ1n) is 4.98. The topological polar surface area (TPSA) is 59.4 Å². The molecule has 0 fully saturated rings. The Balaban J connectivity index is 2.23. The number of rotatable bonds is 4. The molecule has 0 spiro atoms. The molecule has 0 saturated carbocycles. The maximum Gasteiger partial charge on any atom is 0.335 e. The minimum atomic E-state index is -0.921. The molecular weight excluding hydrogens is 238 g/mol. The first kappa shape index (κ1) is 11.8. The van der Waals surface area contributed by atoms with Crippen LogP contribution in [0.3, 0.4) is 0 Å². The van der Waals surface area contributed by atoms with Crippen LogP contribution in [0.1, 0.15) is 16.1 Å². The molecule has 0 amide bonds. The summed E-state index contributed by atoms with van der Waals surface area (Å²) in [6.45, 7) is 0.490. The molecule has 1 aromatic heterocycles. The van der Waals surface area contributed by atoms with Crippen molar-refractivity contribution in [1.82, 2.24) is 4.98 Å². The van der Waals surface area contributed by atoms with Crippen LogP contribution >= 0.6 is 11.3 Å². The summed E-state index contributed by atoms with van der Waals surface area (Å²) in [6, 6.07) is 6.68. The molecule has 0 atom stereocenters. The first-order chi connectivity index (χ1) is 8.20. The maximum absolute atomic E-state index is 10.7. The van der Waals surface area contributed by atoms with Gasteiger partial charge in [-0.3, -0.25) is 0 Å². The van der Waals surface area contributed by atoms with Crippen molar-refractivity contribution >= 4 is 17.3 Å². The number of hydrogen-bond acceptors (Lipinski definition) is 4. The number of ether oxygens (including phenoxy) is 1. The van der Waals surface area contributed by atoms with Gasteiger partial charge in [-0.25, -0.2) is 9.78 Å². The summed E-state index contributed by atoms with van der Waals surface area (Å²) in [7, 11) is 1.63. The van der Waals surface area contributed by atoms with Gasteiger partial charge in [0.05, 0.1) is 17.9 Å². The van der Waals surface area contributed by atoms with E-state index in [0.717, 1.165) is 16.3 Å². The Kier molecular flexibility index (Phi) is 3.51. The normalized spacial score (nSPS) is 10.4. The van der Waals surface area contributed by atoms with Crippen LogP contribution < -0.4 is 0 Å². The summed E-state index contributed by atoms with van der Waals surface area (Å²) in [4.78, 5) is 15.1. The molecular formula is C12H11NO3S. The van der Waals surface area contributed by atoms with Gasteiger partial charge in [-0.2, -0.15) is 0 Å². The van der Waals surface area contributed by atoms with Crippen molar-refractivity contribution < 1.29 is 14.6 Å². The van der Waals surface area contributed by atoms with Crippen molar-refractivity contribution in [2.45, 2.75) is 6.61 Å². The number of methoxy groups -OCH3 is 1. The molecule has 4 nitrogen and oxygen atoms in total. The number of aromatic nitrogens is 1. The molecule has 1 heterocycles. The second kappa shape index (κ2) is 5.07. The highest BCUT2D eigenvalue weighted by atomic mass is 32.1. The van der Waals surface area contributed by atoms with Gasteiger partial charge in [0.1, 0.15) is 5.01 Å². The smallest absolute Gasteiger partial charge is 0.335 e. The molecule has 0 aliphatic rings. The quantitative estimate of drug-likeness (QED) is 0.905. The van der Waals surface area contributed by atoms with E-state index in [0.29, 0.717) is 6.61 Å². The average Bonchev–Trinajstić information content (AvgIpc) is 2.78. The highest BCUT2D eigenvalue weighted by Gasteiger charge is 2.06. The van der Waals surface area contributed by atoms with E-state index >= 15 is 0 Å². The zero-order chi connectivity index (χ0) is 12.3. The van der Waals surface area contributed by atoms with Crippen molar-refractivity contribution in [2.24, 2.45) is 0 Å². The van der Waals surface area contributed by atoms with Gasteiger partial charge in [0, 0.05) is 18.1 Å². The van der Waals surface area contributed by atoms with Gasteiger partial charge in [-0.15, -0.1) is 11.3 Å². The number of carboxylic acids is 1. The Bertz CT molecular complexity index is 519. The number of carboxylic acid groups (broad SMARTS) is 1. The van der Waals surface area contributed by atoms with Crippen molar-refractivity contribution in [3.05, 3.63) is 40.9 Å². The van der Waals surface area contributed by atoms with E-state index < -0.39 is 5.97 Å². The molecule has 2 rings (SSSR count). The van der Waals surface area contributed by atoms with Crippen molar-refractivity contribution in [2.75, 3.05) is 7.11 Å². The lowest BCUT2D eigenvalue weighted by Gasteiger charge is -1.97. The van der Waals surface area contributed by atoms with Crippen LogP contribution in [-0.2, 0) is 11.3 Å². The van der Waals surface area contributed by atoms with Crippen molar-refractivity contribution in [3.63, 3.8) is 0 Å². The molecule has 1 aromatic carbocycles. The number of hydrogen-bond donors (Lipinski definition) is 1. The van der Waals surface area contributed by atoms with Crippen LogP contribution in [0.4, 0.5) is 0 Å². The fourth-order valence-electron chi connectivity index (χ4n) is 1.41. The SMILES string of the molecule is COCc1csc(-c2ccc(C(=O)O)cc2)n1. The van der Waals surface area contributed by atoms with E-state index in [1.54, 1.807) is 31.4 Å². The third-order valence-electron chi connectivity index (χ3n) is 2.22. The summed E-state index contributed by atoms with van der Waals surface area (Å²) in [5.74, 6) is -0.921. The Labute approximate surface area is 103 Å². The molecule has 0 saturated heterocycles. The number of nitrogens with zero attached hydrogens (tertiary/aromatic N) is 1. The van der Waals surface area contributed by atoms with E-state index in [2.05, 4.69) is 4.98 Å². The number of carbonyl (C=O) groups is 1. The molecule has 5 heteroatoms. The van der Waals surface area contributed by atoms with Crippen LogP contribution in [0, 0.1) is 0 Å². The molecule has 17 heavy (non-hydrogen) atoms. The minimum Gasteiger partial charge on any atom is -0.478 e. The van der Waals surface area contributed by atoms with Gasteiger partial charge in [0.2, 0.25) is 0 Å². The monoisotopic (exact) mass is 249 g/mol. The fraction of sp³-hybridized carbons (Fsp3) is 0.167. The van der Waals surface area contributed by atoms with Crippen molar-refractivity contribution in [3.8, 4) is 10.6 Å². The van der Waals surface area contributed by atoms with Gasteiger partial charge in [-0.1, -0.05) is 12.1 Å². The van der Waals surface area contributed by atoms with E-state index in [-0.39, 0.29) is 5.56 Å². The van der Waals surface area contributed by atoms with Crippen LogP contribution in [0.5, 0.6) is 0 Å². The Hall–Kier alpha value is -1.72. The predicted molar refractivity (Wildman–Crippen MR) is 65.2 cm³/mol. The molecule has 0 aliphatic heterocycles. The lowest BCUT2D eigenvalue weighted by atomic mass is 10.1. The minimum absolute atomic E-state index is 0.280. The Morgan fingerprint density at radius 2 is 2.12 bits per heavy atom. The fourth-order valence-corrected chi connectivity index (χ4v) is 2.22. The first-order valence-corrected chi connectivity index (χ1v) is 5.85. The standard InChI is InChI=1S/C12H11NO3S/c1-16-6-10-7-17-11(13-10)8-2-4-9(5-3-8)12(14)15/h2-5,7H,6H2,1H3,(H,14,15). The summed E-state index contributed by atoms with van der Waals surface area (Å²) in [5, 5.41) is 11.6. The zero-order valence-corrected chi connectivity index (χ0v) is 10.0. The summed E-state index contributed by atoms with van der Waals surface area (Å²) < 4.78 is 4.99. The van der Waals surface area contributed by atoms with E-state index in [9.17, 15) is 4.79 Å². The third-order valence-corrected chi connectivity index (χ3v) is 3.16. The van der Waals surface area contributed by atoms with Gasteiger partial charge in [0.25, 0.3) is 0 Å². The van der Waals surface area contributed by atoms with E-state index in [1.165, 1.54) is 11.3 Å². The van der Waals surface area contributed by atoms with E-state index in [4.69, 9.17) is 9.84 Å². The van der Waals surface area contributed by atoms with Crippen LogP contribution in [0.2, 0.25) is 0 Å².